The van der Waals surface area contributed by atoms with E-state index in [0.717, 1.165) is 69.7 Å². The maximum Gasteiger partial charge on any atom is 0.225 e. The third kappa shape index (κ3) is 4.08. The standard InChI is InChI=1S/C19H24N4O2/c1-2-4-18-17(3-1)9-15(14-25-18)10-20-11-16-12-21-19(22-13-16)23-5-7-24-8-6-23/h1-4,12-13,15,20H,5-11,14H2. The molecule has 6 heteroatoms. The highest BCUT2D eigenvalue weighted by Gasteiger charge is 2.19. The topological polar surface area (TPSA) is 59.5 Å². The van der Waals surface area contributed by atoms with E-state index in [0.29, 0.717) is 5.92 Å². The van der Waals surface area contributed by atoms with Crippen LogP contribution in [0.25, 0.3) is 0 Å². The largest absolute Gasteiger partial charge is 0.493 e. The van der Waals surface area contributed by atoms with Gasteiger partial charge in [0.25, 0.3) is 0 Å². The number of aromatic nitrogens is 2. The molecule has 0 aliphatic carbocycles. The summed E-state index contributed by atoms with van der Waals surface area (Å²) in [6.45, 7) is 5.71. The van der Waals surface area contributed by atoms with Gasteiger partial charge in [0.15, 0.2) is 0 Å². The van der Waals surface area contributed by atoms with Crippen molar-refractivity contribution >= 4 is 5.95 Å². The van der Waals surface area contributed by atoms with Crippen molar-refractivity contribution in [3.05, 3.63) is 47.8 Å². The summed E-state index contributed by atoms with van der Waals surface area (Å²) in [6, 6.07) is 8.30. The second-order valence-corrected chi connectivity index (χ2v) is 6.61. The van der Waals surface area contributed by atoms with Gasteiger partial charge in [-0.3, -0.25) is 0 Å². The third-order valence-electron chi connectivity index (χ3n) is 4.70. The Balaban J connectivity index is 1.25. The SMILES string of the molecule is c1ccc2c(c1)CC(CNCc1cnc(N3CCOCC3)nc1)CO2. The zero-order chi connectivity index (χ0) is 16.9. The van der Waals surface area contributed by atoms with Crippen LogP contribution >= 0.6 is 0 Å². The van der Waals surface area contributed by atoms with Crippen molar-refractivity contribution in [3.8, 4) is 5.75 Å². The number of hydrogen-bond donors (Lipinski definition) is 1. The van der Waals surface area contributed by atoms with Crippen LogP contribution in [-0.2, 0) is 17.7 Å². The Morgan fingerprint density at radius 3 is 2.76 bits per heavy atom. The second-order valence-electron chi connectivity index (χ2n) is 6.61. The van der Waals surface area contributed by atoms with E-state index >= 15 is 0 Å². The monoisotopic (exact) mass is 340 g/mol. The fourth-order valence-corrected chi connectivity index (χ4v) is 3.31. The minimum Gasteiger partial charge on any atom is -0.493 e. The minimum atomic E-state index is 0.503. The summed E-state index contributed by atoms with van der Waals surface area (Å²) >= 11 is 0. The van der Waals surface area contributed by atoms with Crippen molar-refractivity contribution in [1.29, 1.82) is 0 Å². The van der Waals surface area contributed by atoms with Gasteiger partial charge in [0.1, 0.15) is 5.75 Å². The Labute approximate surface area is 148 Å². The van der Waals surface area contributed by atoms with Gasteiger partial charge in [-0.05, 0) is 18.1 Å². The van der Waals surface area contributed by atoms with Crippen molar-refractivity contribution in [2.24, 2.45) is 5.92 Å². The van der Waals surface area contributed by atoms with E-state index in [1.165, 1.54) is 5.56 Å². The average Bonchev–Trinajstić information content (AvgIpc) is 2.69. The highest BCUT2D eigenvalue weighted by Crippen LogP contribution is 2.26. The number of nitrogens with one attached hydrogen (secondary N) is 1. The van der Waals surface area contributed by atoms with Crippen LogP contribution in [0.1, 0.15) is 11.1 Å². The molecular weight excluding hydrogens is 316 g/mol. The molecule has 3 heterocycles. The Kier molecular flexibility index (Phi) is 5.09. The first-order chi connectivity index (χ1) is 12.4. The molecule has 4 rings (SSSR count). The fraction of sp³-hybridized carbons (Fsp3) is 0.474. The Morgan fingerprint density at radius 2 is 1.92 bits per heavy atom. The normalized spacial score (nSPS) is 20.0. The maximum atomic E-state index is 5.84. The molecule has 6 nitrogen and oxygen atoms in total. The highest BCUT2D eigenvalue weighted by atomic mass is 16.5. The van der Waals surface area contributed by atoms with E-state index < -0.39 is 0 Å². The number of morpholine rings is 1. The average molecular weight is 340 g/mol. The maximum absolute atomic E-state index is 5.84. The van der Waals surface area contributed by atoms with Crippen LogP contribution in [0.3, 0.4) is 0 Å². The summed E-state index contributed by atoms with van der Waals surface area (Å²) in [4.78, 5) is 11.1. The number of hydrogen-bond acceptors (Lipinski definition) is 6. The predicted molar refractivity (Wildman–Crippen MR) is 95.9 cm³/mol. The first-order valence-corrected chi connectivity index (χ1v) is 8.93. The number of nitrogens with zero attached hydrogens (tertiary/aromatic N) is 3. The van der Waals surface area contributed by atoms with Gasteiger partial charge in [-0.25, -0.2) is 9.97 Å². The van der Waals surface area contributed by atoms with Crippen LogP contribution in [0.5, 0.6) is 5.75 Å². The van der Waals surface area contributed by atoms with E-state index in [2.05, 4.69) is 32.3 Å². The molecule has 1 aromatic heterocycles. The molecule has 0 amide bonds. The van der Waals surface area contributed by atoms with E-state index in [1.54, 1.807) is 0 Å². The molecule has 25 heavy (non-hydrogen) atoms. The smallest absolute Gasteiger partial charge is 0.225 e. The molecule has 132 valence electrons. The molecule has 2 aliphatic heterocycles. The molecular formula is C19H24N4O2. The number of fused-ring (bicyclic) bond motifs is 1. The molecule has 0 bridgehead atoms. The molecule has 0 spiro atoms. The van der Waals surface area contributed by atoms with Gasteiger partial charge in [-0.1, -0.05) is 18.2 Å². The number of anilines is 1. The van der Waals surface area contributed by atoms with Gasteiger partial charge in [-0.2, -0.15) is 0 Å². The molecule has 1 saturated heterocycles. The van der Waals surface area contributed by atoms with Gasteiger partial charge in [0.05, 0.1) is 19.8 Å². The lowest BCUT2D eigenvalue weighted by molar-refractivity contribution is 0.122. The van der Waals surface area contributed by atoms with Crippen molar-refractivity contribution in [2.75, 3.05) is 44.4 Å². The summed E-state index contributed by atoms with van der Waals surface area (Å²) in [5.74, 6) is 2.33. The third-order valence-corrected chi connectivity index (χ3v) is 4.70. The van der Waals surface area contributed by atoms with Crippen LogP contribution in [-0.4, -0.2) is 49.4 Å². The Morgan fingerprint density at radius 1 is 1.12 bits per heavy atom. The molecule has 2 aromatic rings. The van der Waals surface area contributed by atoms with Crippen molar-refractivity contribution in [3.63, 3.8) is 0 Å². The number of rotatable bonds is 5. The Hall–Kier alpha value is -2.18. The van der Waals surface area contributed by atoms with Crippen molar-refractivity contribution < 1.29 is 9.47 Å². The van der Waals surface area contributed by atoms with Gasteiger partial charge < -0.3 is 19.7 Å². The highest BCUT2D eigenvalue weighted by molar-refractivity contribution is 5.35. The fourth-order valence-electron chi connectivity index (χ4n) is 3.31. The molecule has 0 saturated carbocycles. The lowest BCUT2D eigenvalue weighted by atomic mass is 9.97. The van der Waals surface area contributed by atoms with Gasteiger partial charge in [-0.15, -0.1) is 0 Å². The molecule has 2 aliphatic rings. The first-order valence-electron chi connectivity index (χ1n) is 8.93. The van der Waals surface area contributed by atoms with Gasteiger partial charge >= 0.3 is 0 Å². The first kappa shape index (κ1) is 16.3. The molecule has 1 N–H and O–H groups in total. The van der Waals surface area contributed by atoms with Crippen LogP contribution in [0.4, 0.5) is 5.95 Å². The molecule has 1 atom stereocenters. The quantitative estimate of drug-likeness (QED) is 0.893. The van der Waals surface area contributed by atoms with E-state index in [1.807, 2.05) is 24.5 Å². The van der Waals surface area contributed by atoms with Crippen molar-refractivity contribution in [2.45, 2.75) is 13.0 Å². The lowest BCUT2D eigenvalue weighted by Gasteiger charge is -2.26. The predicted octanol–water partition coefficient (Wildman–Crippen LogP) is 1.65. The van der Waals surface area contributed by atoms with Crippen molar-refractivity contribution in [1.82, 2.24) is 15.3 Å². The summed E-state index contributed by atoms with van der Waals surface area (Å²) in [5, 5.41) is 3.51. The summed E-state index contributed by atoms with van der Waals surface area (Å²) in [6.07, 6.45) is 4.89. The second kappa shape index (κ2) is 7.80. The summed E-state index contributed by atoms with van der Waals surface area (Å²) in [7, 11) is 0. The zero-order valence-electron chi connectivity index (χ0n) is 14.4. The molecule has 1 aromatic carbocycles. The summed E-state index contributed by atoms with van der Waals surface area (Å²) < 4.78 is 11.2. The Bertz CT molecular complexity index is 686. The van der Waals surface area contributed by atoms with E-state index in [-0.39, 0.29) is 0 Å². The van der Waals surface area contributed by atoms with Gasteiger partial charge in [0, 0.05) is 50.1 Å². The number of para-hydroxylation sites is 1. The van der Waals surface area contributed by atoms with Crippen LogP contribution in [0, 0.1) is 5.92 Å². The lowest BCUT2D eigenvalue weighted by Crippen LogP contribution is -2.37. The molecule has 1 unspecified atom stereocenters. The van der Waals surface area contributed by atoms with Crippen LogP contribution < -0.4 is 15.0 Å². The van der Waals surface area contributed by atoms with E-state index in [9.17, 15) is 0 Å². The van der Waals surface area contributed by atoms with Crippen LogP contribution in [0.15, 0.2) is 36.7 Å². The number of ether oxygens (including phenoxy) is 2. The van der Waals surface area contributed by atoms with Gasteiger partial charge in [0.2, 0.25) is 5.95 Å². The van der Waals surface area contributed by atoms with Crippen LogP contribution in [0.2, 0.25) is 0 Å². The molecule has 1 fully saturated rings. The number of benzene rings is 1. The van der Waals surface area contributed by atoms with E-state index in [4.69, 9.17) is 9.47 Å². The minimum absolute atomic E-state index is 0.503. The molecule has 0 radical (unpaired) electrons. The summed E-state index contributed by atoms with van der Waals surface area (Å²) in [5.41, 5.74) is 2.41. The zero-order valence-corrected chi connectivity index (χ0v) is 14.4.